The first kappa shape index (κ1) is 19.6. The van der Waals surface area contributed by atoms with Crippen molar-refractivity contribution in [3.8, 4) is 0 Å². The van der Waals surface area contributed by atoms with E-state index in [9.17, 15) is 4.79 Å². The summed E-state index contributed by atoms with van der Waals surface area (Å²) < 4.78 is 8.88. The third-order valence-corrected chi connectivity index (χ3v) is 4.37. The molecule has 1 aromatic heterocycles. The number of aromatic nitrogens is 1. The molecule has 0 unspecified atom stereocenters. The van der Waals surface area contributed by atoms with Gasteiger partial charge in [0.25, 0.3) is 0 Å². The molecular formula is C16H24N3O5P. The summed E-state index contributed by atoms with van der Waals surface area (Å²) in [5.41, 5.74) is 3.28. The lowest BCUT2D eigenvalue weighted by Gasteiger charge is -2.30. The van der Waals surface area contributed by atoms with Gasteiger partial charge in [-0.05, 0) is 50.7 Å². The summed E-state index contributed by atoms with van der Waals surface area (Å²) in [4.78, 5) is 38.3. The topological polar surface area (TPSA) is 126 Å². The number of hydrogen-bond acceptors (Lipinski definition) is 3. The average Bonchev–Trinajstić information content (AvgIpc) is 2.99. The van der Waals surface area contributed by atoms with Gasteiger partial charge < -0.3 is 29.9 Å². The fraction of sp³-hybridized carbons (Fsp3) is 0.438. The number of aromatic amines is 1. The number of likely N-dealkylation sites (tertiary alicyclic amines) is 1. The highest BCUT2D eigenvalue weighted by Crippen LogP contribution is 2.32. The number of carbonyl (C=O) groups excluding carboxylic acids is 1. The Bertz CT molecular complexity index is 741. The summed E-state index contributed by atoms with van der Waals surface area (Å²) in [6.45, 7) is 5.72. The number of amides is 1. The number of H-pyrrole nitrogens is 1. The molecule has 138 valence electrons. The highest BCUT2D eigenvalue weighted by molar-refractivity contribution is 7.45. The maximum Gasteiger partial charge on any atom is 0.466 e. The minimum Gasteiger partial charge on any atom is -0.358 e. The van der Waals surface area contributed by atoms with Crippen LogP contribution in [0, 0.1) is 0 Å². The van der Waals surface area contributed by atoms with Crippen LogP contribution in [0.2, 0.25) is 0 Å². The number of anilines is 1. The van der Waals surface area contributed by atoms with Crippen LogP contribution in [0.5, 0.6) is 0 Å². The summed E-state index contributed by atoms with van der Waals surface area (Å²) in [6.07, 6.45) is 3.15. The molecule has 1 saturated heterocycles. The number of benzene rings is 1. The molecule has 0 radical (unpaired) electrons. The highest BCUT2D eigenvalue weighted by atomic mass is 31.2. The summed E-state index contributed by atoms with van der Waals surface area (Å²) in [5, 5.41) is 3.88. The van der Waals surface area contributed by atoms with E-state index in [0.717, 1.165) is 29.5 Å². The van der Waals surface area contributed by atoms with Crippen molar-refractivity contribution in [1.29, 1.82) is 0 Å². The summed E-state index contributed by atoms with van der Waals surface area (Å²) in [5.74, 6) is 0.606. The van der Waals surface area contributed by atoms with Gasteiger partial charge in [0.2, 0.25) is 6.41 Å². The smallest absolute Gasteiger partial charge is 0.358 e. The van der Waals surface area contributed by atoms with Crippen molar-refractivity contribution in [1.82, 2.24) is 9.88 Å². The van der Waals surface area contributed by atoms with Crippen molar-refractivity contribution in [2.24, 2.45) is 0 Å². The van der Waals surface area contributed by atoms with Crippen LogP contribution in [0.25, 0.3) is 10.9 Å². The quantitative estimate of drug-likeness (QED) is 0.415. The van der Waals surface area contributed by atoms with Gasteiger partial charge in [-0.15, -0.1) is 0 Å². The zero-order chi connectivity index (χ0) is 18.4. The fourth-order valence-electron chi connectivity index (χ4n) is 3.15. The molecule has 2 aromatic rings. The van der Waals surface area contributed by atoms with Crippen LogP contribution in [0.1, 0.15) is 31.4 Å². The SMILES string of the molecule is CCN1CCC(c2cc3c(NC=O)cccc3[nH]2)CC1.O=P(O)(O)O. The Morgan fingerprint density at radius 1 is 1.32 bits per heavy atom. The number of phosphoric acid groups is 1. The predicted molar refractivity (Wildman–Crippen MR) is 96.3 cm³/mol. The van der Waals surface area contributed by atoms with Gasteiger partial charge in [-0.2, -0.15) is 0 Å². The Kier molecular flexibility index (Phi) is 6.75. The molecule has 0 saturated carbocycles. The minimum absolute atomic E-state index is 0.606. The first-order chi connectivity index (χ1) is 11.8. The van der Waals surface area contributed by atoms with Crippen molar-refractivity contribution in [3.63, 3.8) is 0 Å². The van der Waals surface area contributed by atoms with Crippen LogP contribution < -0.4 is 5.32 Å². The first-order valence-electron chi connectivity index (χ1n) is 8.14. The lowest BCUT2D eigenvalue weighted by molar-refractivity contribution is -0.105. The van der Waals surface area contributed by atoms with E-state index in [2.05, 4.69) is 34.3 Å². The molecule has 0 aliphatic carbocycles. The standard InChI is InChI=1S/C16H21N3O.H3O4P/c1-2-19-8-6-12(7-9-19)16-10-13-14(17-11-20)4-3-5-15(13)18-16;1-5(2,3)4/h3-5,10-12,18H,2,6-9H2,1H3,(H,17,20);(H3,1,2,3,4). The zero-order valence-electron chi connectivity index (χ0n) is 14.1. The van der Waals surface area contributed by atoms with Crippen LogP contribution in [0.15, 0.2) is 24.3 Å². The van der Waals surface area contributed by atoms with E-state index < -0.39 is 7.82 Å². The average molecular weight is 369 g/mol. The molecule has 0 bridgehead atoms. The van der Waals surface area contributed by atoms with E-state index in [1.807, 2.05) is 12.1 Å². The van der Waals surface area contributed by atoms with Crippen LogP contribution in [-0.4, -0.2) is 50.6 Å². The van der Waals surface area contributed by atoms with E-state index in [4.69, 9.17) is 19.2 Å². The molecular weight excluding hydrogens is 345 g/mol. The van der Waals surface area contributed by atoms with E-state index >= 15 is 0 Å². The lowest BCUT2D eigenvalue weighted by Crippen LogP contribution is -2.32. The van der Waals surface area contributed by atoms with Gasteiger partial charge in [-0.1, -0.05) is 13.0 Å². The Labute approximate surface area is 146 Å². The third kappa shape index (κ3) is 5.95. The molecule has 1 amide bonds. The number of hydrogen-bond donors (Lipinski definition) is 5. The molecule has 8 nitrogen and oxygen atoms in total. The van der Waals surface area contributed by atoms with Gasteiger partial charge in [-0.25, -0.2) is 4.57 Å². The number of nitrogens with one attached hydrogen (secondary N) is 2. The molecule has 2 heterocycles. The van der Waals surface area contributed by atoms with Crippen LogP contribution in [0.3, 0.4) is 0 Å². The summed E-state index contributed by atoms with van der Waals surface area (Å²) in [7, 11) is -4.64. The number of fused-ring (bicyclic) bond motifs is 1. The molecule has 3 rings (SSSR count). The number of rotatable bonds is 4. The molecule has 5 N–H and O–H groups in total. The van der Waals surface area contributed by atoms with Crippen molar-refractivity contribution in [2.75, 3.05) is 25.0 Å². The van der Waals surface area contributed by atoms with Crippen molar-refractivity contribution < 1.29 is 24.0 Å². The molecule has 1 aromatic carbocycles. The van der Waals surface area contributed by atoms with Gasteiger partial charge >= 0.3 is 7.82 Å². The molecule has 9 heteroatoms. The maximum absolute atomic E-state index is 10.7. The fourth-order valence-corrected chi connectivity index (χ4v) is 3.15. The van der Waals surface area contributed by atoms with E-state index in [-0.39, 0.29) is 0 Å². The second kappa shape index (κ2) is 8.60. The molecule has 1 fully saturated rings. The van der Waals surface area contributed by atoms with Gasteiger partial charge in [0.05, 0.1) is 0 Å². The van der Waals surface area contributed by atoms with Crippen LogP contribution in [0.4, 0.5) is 5.69 Å². The molecule has 1 aliphatic heterocycles. The van der Waals surface area contributed by atoms with Crippen molar-refractivity contribution in [2.45, 2.75) is 25.7 Å². The van der Waals surface area contributed by atoms with Crippen LogP contribution in [-0.2, 0) is 9.36 Å². The Balaban J connectivity index is 0.000000399. The minimum atomic E-state index is -4.64. The Morgan fingerprint density at radius 2 is 1.96 bits per heavy atom. The van der Waals surface area contributed by atoms with Gasteiger partial charge in [0.15, 0.2) is 0 Å². The predicted octanol–water partition coefficient (Wildman–Crippen LogP) is 2.01. The summed E-state index contributed by atoms with van der Waals surface area (Å²) in [6, 6.07) is 8.17. The zero-order valence-corrected chi connectivity index (χ0v) is 14.9. The number of carbonyl (C=O) groups is 1. The largest absolute Gasteiger partial charge is 0.466 e. The Hall–Kier alpha value is -1.70. The van der Waals surface area contributed by atoms with Crippen molar-refractivity contribution in [3.05, 3.63) is 30.0 Å². The van der Waals surface area contributed by atoms with E-state index in [0.29, 0.717) is 5.92 Å². The van der Waals surface area contributed by atoms with Gasteiger partial charge in [-0.3, -0.25) is 4.79 Å². The third-order valence-electron chi connectivity index (χ3n) is 4.37. The summed E-state index contributed by atoms with van der Waals surface area (Å²) >= 11 is 0. The normalized spacial score (nSPS) is 16.3. The number of piperidine rings is 1. The van der Waals surface area contributed by atoms with E-state index in [1.165, 1.54) is 31.6 Å². The van der Waals surface area contributed by atoms with Gasteiger partial charge in [0.1, 0.15) is 0 Å². The Morgan fingerprint density at radius 3 is 2.52 bits per heavy atom. The van der Waals surface area contributed by atoms with Crippen LogP contribution >= 0.6 is 7.82 Å². The maximum atomic E-state index is 10.7. The highest BCUT2D eigenvalue weighted by Gasteiger charge is 2.21. The molecule has 1 aliphatic rings. The van der Waals surface area contributed by atoms with Gasteiger partial charge in [0, 0.05) is 28.2 Å². The second-order valence-electron chi connectivity index (χ2n) is 5.98. The first-order valence-corrected chi connectivity index (χ1v) is 9.70. The molecule has 0 atom stereocenters. The van der Waals surface area contributed by atoms with Crippen molar-refractivity contribution >= 4 is 30.8 Å². The molecule has 25 heavy (non-hydrogen) atoms. The second-order valence-corrected chi connectivity index (χ2v) is 7.00. The monoisotopic (exact) mass is 369 g/mol. The number of nitrogens with zero attached hydrogens (tertiary/aromatic N) is 1. The lowest BCUT2D eigenvalue weighted by atomic mass is 9.93. The molecule has 0 spiro atoms. The van der Waals surface area contributed by atoms with E-state index in [1.54, 1.807) is 0 Å².